The summed E-state index contributed by atoms with van der Waals surface area (Å²) in [5.74, 6) is 0. The van der Waals surface area contributed by atoms with Gasteiger partial charge in [0.2, 0.25) is 0 Å². The van der Waals surface area contributed by atoms with Crippen molar-refractivity contribution < 1.29 is 19.7 Å². The van der Waals surface area contributed by atoms with Crippen LogP contribution < -0.4 is 0 Å². The monoisotopic (exact) mass is 182 g/mol. The van der Waals surface area contributed by atoms with Crippen LogP contribution in [0, 0.1) is 0 Å². The Balaban J connectivity index is 2.52. The Hall–Kier alpha value is 0.130. The topological polar surface area (TPSA) is 58.9 Å². The maximum atomic E-state index is 9.22. The van der Waals surface area contributed by atoms with Gasteiger partial charge in [-0.1, -0.05) is 0 Å². The average molecular weight is 183 g/mol. The highest BCUT2D eigenvalue weighted by molar-refractivity contribution is 6.21. The fourth-order valence-electron chi connectivity index (χ4n) is 0.966. The Morgan fingerprint density at radius 3 is 2.64 bits per heavy atom. The first-order valence-electron chi connectivity index (χ1n) is 3.31. The number of halogens is 1. The molecule has 1 fully saturated rings. The maximum absolute atomic E-state index is 9.22. The molecule has 1 heterocycles. The van der Waals surface area contributed by atoms with Crippen LogP contribution in [0.3, 0.4) is 0 Å². The van der Waals surface area contributed by atoms with E-state index in [4.69, 9.17) is 21.1 Å². The highest BCUT2D eigenvalue weighted by Crippen LogP contribution is 2.19. The molecule has 0 aliphatic carbocycles. The van der Waals surface area contributed by atoms with Crippen LogP contribution in [-0.4, -0.2) is 47.8 Å². The number of alkyl halides is 1. The van der Waals surface area contributed by atoms with Crippen molar-refractivity contribution in [1.82, 2.24) is 0 Å². The van der Waals surface area contributed by atoms with Crippen LogP contribution in [0.2, 0.25) is 0 Å². The number of ether oxygens (including phenoxy) is 2. The molecule has 1 rings (SSSR count). The SMILES string of the molecule is COC1OC[C@H](Cl)[C@H](O)[C@H]1O. The molecule has 11 heavy (non-hydrogen) atoms. The molecule has 2 N–H and O–H groups in total. The van der Waals surface area contributed by atoms with Crippen LogP contribution >= 0.6 is 11.6 Å². The highest BCUT2D eigenvalue weighted by Gasteiger charge is 2.37. The molecule has 1 unspecified atom stereocenters. The summed E-state index contributed by atoms with van der Waals surface area (Å²) < 4.78 is 9.69. The lowest BCUT2D eigenvalue weighted by Crippen LogP contribution is -2.51. The molecule has 4 atom stereocenters. The first kappa shape index (κ1) is 9.22. The van der Waals surface area contributed by atoms with E-state index in [1.54, 1.807) is 0 Å². The summed E-state index contributed by atoms with van der Waals surface area (Å²) >= 11 is 5.59. The van der Waals surface area contributed by atoms with Crippen LogP contribution in [0.15, 0.2) is 0 Å². The van der Waals surface area contributed by atoms with Crippen molar-refractivity contribution in [3.8, 4) is 0 Å². The van der Waals surface area contributed by atoms with Crippen LogP contribution in [-0.2, 0) is 9.47 Å². The van der Waals surface area contributed by atoms with Crippen molar-refractivity contribution in [2.45, 2.75) is 23.9 Å². The zero-order valence-electron chi connectivity index (χ0n) is 6.11. The van der Waals surface area contributed by atoms with Crippen molar-refractivity contribution >= 4 is 11.6 Å². The van der Waals surface area contributed by atoms with Gasteiger partial charge in [0, 0.05) is 7.11 Å². The summed E-state index contributed by atoms with van der Waals surface area (Å²) in [6.45, 7) is 0.193. The van der Waals surface area contributed by atoms with Gasteiger partial charge in [-0.2, -0.15) is 0 Å². The molecule has 5 heteroatoms. The lowest BCUT2D eigenvalue weighted by molar-refractivity contribution is -0.230. The lowest BCUT2D eigenvalue weighted by Gasteiger charge is -2.33. The standard InChI is InChI=1S/C6H11ClO4/c1-10-6-5(9)4(8)3(7)2-11-6/h3-6,8-9H,2H2,1H3/t3-,4-,5+,6?/m0/s1. The van der Waals surface area contributed by atoms with E-state index in [9.17, 15) is 10.2 Å². The molecule has 0 bridgehead atoms. The summed E-state index contributed by atoms with van der Waals surface area (Å²) in [5.41, 5.74) is 0. The molecule has 4 nitrogen and oxygen atoms in total. The number of hydrogen-bond acceptors (Lipinski definition) is 4. The van der Waals surface area contributed by atoms with Crippen molar-refractivity contribution in [2.24, 2.45) is 0 Å². The van der Waals surface area contributed by atoms with E-state index in [0.29, 0.717) is 0 Å². The van der Waals surface area contributed by atoms with E-state index >= 15 is 0 Å². The number of aliphatic hydroxyl groups excluding tert-OH is 2. The van der Waals surface area contributed by atoms with E-state index in [-0.39, 0.29) is 6.61 Å². The van der Waals surface area contributed by atoms with E-state index in [2.05, 4.69) is 0 Å². The van der Waals surface area contributed by atoms with E-state index in [1.807, 2.05) is 0 Å². The van der Waals surface area contributed by atoms with Crippen LogP contribution in [0.1, 0.15) is 0 Å². The molecule has 1 aliphatic rings. The van der Waals surface area contributed by atoms with Gasteiger partial charge in [-0.3, -0.25) is 0 Å². The minimum Gasteiger partial charge on any atom is -0.389 e. The van der Waals surface area contributed by atoms with E-state index < -0.39 is 23.9 Å². The average Bonchev–Trinajstić information content (AvgIpc) is 2.01. The van der Waals surface area contributed by atoms with E-state index in [0.717, 1.165) is 0 Å². The normalized spacial score (nSPS) is 45.8. The molecule has 1 saturated heterocycles. The Morgan fingerprint density at radius 1 is 1.45 bits per heavy atom. The summed E-state index contributed by atoms with van der Waals surface area (Å²) in [6, 6.07) is 0. The van der Waals surface area contributed by atoms with Gasteiger partial charge < -0.3 is 19.7 Å². The fraction of sp³-hybridized carbons (Fsp3) is 1.00. The molecule has 0 aromatic rings. The number of methoxy groups -OCH3 is 1. The number of rotatable bonds is 1. The molecule has 0 saturated carbocycles. The van der Waals surface area contributed by atoms with E-state index in [1.165, 1.54) is 7.11 Å². The zero-order valence-corrected chi connectivity index (χ0v) is 6.86. The fourth-order valence-corrected chi connectivity index (χ4v) is 1.19. The van der Waals surface area contributed by atoms with Crippen molar-refractivity contribution in [2.75, 3.05) is 13.7 Å². The minimum atomic E-state index is -1.06. The largest absolute Gasteiger partial charge is 0.389 e. The van der Waals surface area contributed by atoms with Gasteiger partial charge in [0.15, 0.2) is 6.29 Å². The highest BCUT2D eigenvalue weighted by atomic mass is 35.5. The molecule has 0 aromatic carbocycles. The molecular weight excluding hydrogens is 172 g/mol. The second kappa shape index (κ2) is 3.69. The predicted molar refractivity (Wildman–Crippen MR) is 38.4 cm³/mol. The number of aliphatic hydroxyl groups is 2. The van der Waals surface area contributed by atoms with Gasteiger partial charge in [-0.05, 0) is 0 Å². The molecule has 66 valence electrons. The third-order valence-electron chi connectivity index (χ3n) is 1.65. The first-order chi connectivity index (χ1) is 5.16. The zero-order chi connectivity index (χ0) is 8.43. The van der Waals surface area contributed by atoms with Crippen molar-refractivity contribution in [3.63, 3.8) is 0 Å². The Kier molecular flexibility index (Phi) is 3.09. The molecular formula is C6H11ClO4. The first-order valence-corrected chi connectivity index (χ1v) is 3.75. The van der Waals surface area contributed by atoms with Crippen LogP contribution in [0.4, 0.5) is 0 Å². The van der Waals surface area contributed by atoms with Gasteiger partial charge in [-0.25, -0.2) is 0 Å². The minimum absolute atomic E-state index is 0.193. The van der Waals surface area contributed by atoms with Gasteiger partial charge >= 0.3 is 0 Å². The summed E-state index contributed by atoms with van der Waals surface area (Å²) in [6.07, 6.45) is -2.80. The summed E-state index contributed by atoms with van der Waals surface area (Å²) in [7, 11) is 1.40. The third kappa shape index (κ3) is 1.83. The smallest absolute Gasteiger partial charge is 0.185 e. The van der Waals surface area contributed by atoms with Crippen LogP contribution in [0.25, 0.3) is 0 Å². The van der Waals surface area contributed by atoms with Gasteiger partial charge in [-0.15, -0.1) is 11.6 Å². The Morgan fingerprint density at radius 2 is 2.09 bits per heavy atom. The molecule has 0 spiro atoms. The van der Waals surface area contributed by atoms with Gasteiger partial charge in [0.05, 0.1) is 12.0 Å². The summed E-state index contributed by atoms with van der Waals surface area (Å²) in [5, 5.41) is 17.9. The Bertz CT molecular complexity index is 130. The second-order valence-electron chi connectivity index (χ2n) is 2.43. The molecule has 0 amide bonds. The second-order valence-corrected chi connectivity index (χ2v) is 3.00. The quantitative estimate of drug-likeness (QED) is 0.528. The molecule has 0 radical (unpaired) electrons. The van der Waals surface area contributed by atoms with Gasteiger partial charge in [0.1, 0.15) is 12.2 Å². The molecule has 1 aliphatic heterocycles. The maximum Gasteiger partial charge on any atom is 0.185 e. The van der Waals surface area contributed by atoms with Crippen molar-refractivity contribution in [1.29, 1.82) is 0 Å². The predicted octanol–water partition coefficient (Wildman–Crippen LogP) is -0.682. The third-order valence-corrected chi connectivity index (χ3v) is 2.04. The van der Waals surface area contributed by atoms with Crippen molar-refractivity contribution in [3.05, 3.63) is 0 Å². The Labute approximate surface area is 69.7 Å². The van der Waals surface area contributed by atoms with Gasteiger partial charge in [0.25, 0.3) is 0 Å². The summed E-state index contributed by atoms with van der Waals surface area (Å²) in [4.78, 5) is 0. The van der Waals surface area contributed by atoms with Crippen LogP contribution in [0.5, 0.6) is 0 Å². The lowest BCUT2D eigenvalue weighted by atomic mass is 10.1. The number of hydrogen-bond donors (Lipinski definition) is 2. The molecule has 0 aromatic heterocycles.